The molecule has 8 heteroatoms. The van der Waals surface area contributed by atoms with E-state index in [0.29, 0.717) is 30.6 Å². The molecule has 1 aromatic carbocycles. The third kappa shape index (κ3) is 3.70. The standard InChI is InChI=1S/C14H19N3O4S/c15-7-3-8-16-22(20,21)10-4-9-17-13(18)11-5-1-2-6-12(11)14(17)19/h1-2,5-6,16H,3-4,7-10,15H2. The molecular formula is C14H19N3O4S. The summed E-state index contributed by atoms with van der Waals surface area (Å²) in [7, 11) is -3.40. The van der Waals surface area contributed by atoms with E-state index in [1.165, 1.54) is 0 Å². The Bertz CT molecular complexity index is 637. The maximum Gasteiger partial charge on any atom is 0.261 e. The second-order valence-corrected chi connectivity index (χ2v) is 6.94. The molecule has 1 aliphatic rings. The van der Waals surface area contributed by atoms with Gasteiger partial charge in [-0.15, -0.1) is 0 Å². The molecule has 0 spiro atoms. The van der Waals surface area contributed by atoms with Gasteiger partial charge in [0.25, 0.3) is 11.8 Å². The Morgan fingerprint density at radius 3 is 2.18 bits per heavy atom. The van der Waals surface area contributed by atoms with Crippen molar-refractivity contribution in [2.75, 3.05) is 25.4 Å². The van der Waals surface area contributed by atoms with E-state index in [4.69, 9.17) is 5.73 Å². The van der Waals surface area contributed by atoms with Crippen LogP contribution in [0.3, 0.4) is 0 Å². The van der Waals surface area contributed by atoms with Crippen LogP contribution in [0.2, 0.25) is 0 Å². The number of hydrogen-bond donors (Lipinski definition) is 2. The molecule has 1 aromatic rings. The van der Waals surface area contributed by atoms with Crippen LogP contribution in [-0.4, -0.2) is 50.5 Å². The van der Waals surface area contributed by atoms with E-state index >= 15 is 0 Å². The van der Waals surface area contributed by atoms with Crippen molar-refractivity contribution in [1.82, 2.24) is 9.62 Å². The largest absolute Gasteiger partial charge is 0.330 e. The average Bonchev–Trinajstić information content (AvgIpc) is 2.73. The minimum absolute atomic E-state index is 0.0874. The number of amides is 2. The Morgan fingerprint density at radius 2 is 1.64 bits per heavy atom. The van der Waals surface area contributed by atoms with Gasteiger partial charge in [0.1, 0.15) is 0 Å². The van der Waals surface area contributed by atoms with E-state index in [0.717, 1.165) is 4.90 Å². The summed E-state index contributed by atoms with van der Waals surface area (Å²) in [5.41, 5.74) is 6.04. The van der Waals surface area contributed by atoms with Crippen LogP contribution in [0.5, 0.6) is 0 Å². The Hall–Kier alpha value is -1.77. The molecule has 0 fully saturated rings. The quantitative estimate of drug-likeness (QED) is 0.514. The summed E-state index contributed by atoms with van der Waals surface area (Å²) >= 11 is 0. The highest BCUT2D eigenvalue weighted by molar-refractivity contribution is 7.89. The van der Waals surface area contributed by atoms with Crippen LogP contribution in [0, 0.1) is 0 Å². The van der Waals surface area contributed by atoms with Gasteiger partial charge in [-0.2, -0.15) is 0 Å². The number of carbonyl (C=O) groups is 2. The van der Waals surface area contributed by atoms with Crippen molar-refractivity contribution in [2.45, 2.75) is 12.8 Å². The van der Waals surface area contributed by atoms with Gasteiger partial charge in [-0.1, -0.05) is 12.1 Å². The molecule has 7 nitrogen and oxygen atoms in total. The molecule has 0 saturated carbocycles. The lowest BCUT2D eigenvalue weighted by molar-refractivity contribution is 0.0654. The minimum Gasteiger partial charge on any atom is -0.330 e. The fourth-order valence-corrected chi connectivity index (χ4v) is 3.37. The monoisotopic (exact) mass is 325 g/mol. The van der Waals surface area contributed by atoms with Crippen molar-refractivity contribution in [3.63, 3.8) is 0 Å². The molecule has 120 valence electrons. The van der Waals surface area contributed by atoms with Crippen LogP contribution < -0.4 is 10.5 Å². The zero-order valence-electron chi connectivity index (χ0n) is 12.1. The second kappa shape index (κ2) is 6.99. The highest BCUT2D eigenvalue weighted by atomic mass is 32.2. The first kappa shape index (κ1) is 16.6. The molecule has 0 unspecified atom stereocenters. The Kier molecular flexibility index (Phi) is 5.28. The highest BCUT2D eigenvalue weighted by Crippen LogP contribution is 2.22. The summed E-state index contributed by atoms with van der Waals surface area (Å²) in [6, 6.07) is 6.58. The van der Waals surface area contributed by atoms with Crippen molar-refractivity contribution in [1.29, 1.82) is 0 Å². The zero-order valence-corrected chi connectivity index (χ0v) is 12.9. The molecule has 2 amide bonds. The highest BCUT2D eigenvalue weighted by Gasteiger charge is 2.34. The first-order valence-electron chi connectivity index (χ1n) is 7.09. The maximum atomic E-state index is 12.1. The number of sulfonamides is 1. The van der Waals surface area contributed by atoms with Crippen LogP contribution in [0.25, 0.3) is 0 Å². The smallest absolute Gasteiger partial charge is 0.261 e. The van der Waals surface area contributed by atoms with E-state index < -0.39 is 10.0 Å². The summed E-state index contributed by atoms with van der Waals surface area (Å²) in [4.78, 5) is 25.3. The summed E-state index contributed by atoms with van der Waals surface area (Å²) in [5.74, 6) is -0.867. The van der Waals surface area contributed by atoms with Gasteiger partial charge in [0.2, 0.25) is 10.0 Å². The summed E-state index contributed by atoms with van der Waals surface area (Å²) < 4.78 is 25.9. The molecule has 0 bridgehead atoms. The fraction of sp³-hybridized carbons (Fsp3) is 0.429. The number of imide groups is 1. The normalized spacial score (nSPS) is 14.5. The number of carbonyl (C=O) groups excluding carboxylic acids is 2. The Balaban J connectivity index is 1.89. The third-order valence-electron chi connectivity index (χ3n) is 3.38. The maximum absolute atomic E-state index is 12.1. The predicted octanol–water partition coefficient (Wildman–Crippen LogP) is -0.0591. The van der Waals surface area contributed by atoms with Crippen LogP contribution >= 0.6 is 0 Å². The fourth-order valence-electron chi connectivity index (χ4n) is 2.26. The number of rotatable bonds is 8. The molecule has 1 heterocycles. The summed E-state index contributed by atoms with van der Waals surface area (Å²) in [5, 5.41) is 0. The van der Waals surface area contributed by atoms with Gasteiger partial charge in [0.05, 0.1) is 16.9 Å². The molecular weight excluding hydrogens is 306 g/mol. The molecule has 3 N–H and O–H groups in total. The number of benzene rings is 1. The van der Waals surface area contributed by atoms with Gasteiger partial charge in [-0.05, 0) is 31.5 Å². The molecule has 22 heavy (non-hydrogen) atoms. The molecule has 0 atom stereocenters. The topological polar surface area (TPSA) is 110 Å². The predicted molar refractivity (Wildman–Crippen MR) is 81.9 cm³/mol. The van der Waals surface area contributed by atoms with Gasteiger partial charge in [-0.3, -0.25) is 14.5 Å². The zero-order chi connectivity index (χ0) is 16.2. The third-order valence-corrected chi connectivity index (χ3v) is 4.85. The first-order valence-corrected chi connectivity index (χ1v) is 8.74. The molecule has 0 aliphatic carbocycles. The lowest BCUT2D eigenvalue weighted by Crippen LogP contribution is -2.34. The lowest BCUT2D eigenvalue weighted by atomic mass is 10.1. The molecule has 0 saturated heterocycles. The SMILES string of the molecule is NCCCNS(=O)(=O)CCCN1C(=O)c2ccccc2C1=O. The van der Waals surface area contributed by atoms with E-state index in [2.05, 4.69) is 4.72 Å². The van der Waals surface area contributed by atoms with Gasteiger partial charge >= 0.3 is 0 Å². The van der Waals surface area contributed by atoms with Crippen molar-refractivity contribution >= 4 is 21.8 Å². The van der Waals surface area contributed by atoms with Crippen LogP contribution in [0.15, 0.2) is 24.3 Å². The van der Waals surface area contributed by atoms with Crippen LogP contribution in [-0.2, 0) is 10.0 Å². The average molecular weight is 325 g/mol. The van der Waals surface area contributed by atoms with E-state index in [9.17, 15) is 18.0 Å². The van der Waals surface area contributed by atoms with Crippen molar-refractivity contribution in [2.24, 2.45) is 5.73 Å². The molecule has 1 aliphatic heterocycles. The number of hydrogen-bond acceptors (Lipinski definition) is 5. The van der Waals surface area contributed by atoms with Gasteiger partial charge < -0.3 is 5.73 Å². The van der Waals surface area contributed by atoms with Crippen molar-refractivity contribution in [3.05, 3.63) is 35.4 Å². The van der Waals surface area contributed by atoms with E-state index in [1.54, 1.807) is 24.3 Å². The summed E-state index contributed by atoms with van der Waals surface area (Å²) in [6.07, 6.45) is 0.765. The van der Waals surface area contributed by atoms with Gasteiger partial charge in [-0.25, -0.2) is 13.1 Å². The second-order valence-electron chi connectivity index (χ2n) is 5.02. The molecule has 2 rings (SSSR count). The first-order chi connectivity index (χ1) is 10.5. The van der Waals surface area contributed by atoms with Crippen LogP contribution in [0.1, 0.15) is 33.6 Å². The molecule has 0 aromatic heterocycles. The molecule has 0 radical (unpaired) electrons. The number of nitrogens with one attached hydrogen (secondary N) is 1. The van der Waals surface area contributed by atoms with Crippen molar-refractivity contribution in [3.8, 4) is 0 Å². The van der Waals surface area contributed by atoms with Gasteiger partial charge in [0.15, 0.2) is 0 Å². The Labute approximate surface area is 129 Å². The minimum atomic E-state index is -3.40. The summed E-state index contributed by atoms with van der Waals surface area (Å²) in [6.45, 7) is 0.799. The van der Waals surface area contributed by atoms with E-state index in [-0.39, 0.29) is 30.5 Å². The van der Waals surface area contributed by atoms with E-state index in [1.807, 2.05) is 0 Å². The van der Waals surface area contributed by atoms with Crippen molar-refractivity contribution < 1.29 is 18.0 Å². The van der Waals surface area contributed by atoms with Crippen LogP contribution in [0.4, 0.5) is 0 Å². The number of nitrogens with two attached hydrogens (primary N) is 1. The lowest BCUT2D eigenvalue weighted by Gasteiger charge is -2.13. The Morgan fingerprint density at radius 1 is 1.05 bits per heavy atom. The number of nitrogens with zero attached hydrogens (tertiary/aromatic N) is 1. The number of fused-ring (bicyclic) bond motifs is 1. The van der Waals surface area contributed by atoms with Gasteiger partial charge in [0, 0.05) is 13.1 Å².